The van der Waals surface area contributed by atoms with Gasteiger partial charge in [0.25, 0.3) is 0 Å². The van der Waals surface area contributed by atoms with Gasteiger partial charge in [0.1, 0.15) is 0 Å². The summed E-state index contributed by atoms with van der Waals surface area (Å²) in [6, 6.07) is 13.5. The summed E-state index contributed by atoms with van der Waals surface area (Å²) in [5.74, 6) is -0.127. The number of hydrogen-bond acceptors (Lipinski definition) is 4. The third-order valence-electron chi connectivity index (χ3n) is 6.32. The number of rotatable bonds is 5. The van der Waals surface area contributed by atoms with Crippen molar-refractivity contribution >= 4 is 46.5 Å². The third-order valence-corrected chi connectivity index (χ3v) is 7.12. The maximum absolute atomic E-state index is 12.8. The van der Waals surface area contributed by atoms with Crippen molar-refractivity contribution in [3.8, 4) is 0 Å². The normalized spacial score (nSPS) is 20.2. The minimum atomic E-state index is -0.386. The summed E-state index contributed by atoms with van der Waals surface area (Å²) < 4.78 is 0. The molecule has 0 unspecified atom stereocenters. The highest BCUT2D eigenvalue weighted by atomic mass is 32.2. The lowest BCUT2D eigenvalue weighted by atomic mass is 10.1. The number of para-hydroxylation sites is 1. The zero-order valence-corrected chi connectivity index (χ0v) is 18.3. The molecule has 31 heavy (non-hydrogen) atoms. The molecule has 2 aliphatic heterocycles. The molecule has 0 spiro atoms. The number of thioether (sulfide) groups is 1. The van der Waals surface area contributed by atoms with E-state index in [1.807, 2.05) is 53.6 Å². The van der Waals surface area contributed by atoms with Crippen LogP contribution in [0.2, 0.25) is 0 Å². The van der Waals surface area contributed by atoms with E-state index in [1.54, 1.807) is 16.7 Å². The number of fused-ring (bicyclic) bond motifs is 1. The van der Waals surface area contributed by atoms with Crippen LogP contribution in [0.25, 0.3) is 0 Å². The molecule has 3 aliphatic rings. The van der Waals surface area contributed by atoms with E-state index in [1.165, 1.54) is 0 Å². The van der Waals surface area contributed by atoms with E-state index in [0.29, 0.717) is 13.1 Å². The smallest absolute Gasteiger partial charge is 0.230 e. The van der Waals surface area contributed by atoms with Gasteiger partial charge in [-0.25, -0.2) is 0 Å². The van der Waals surface area contributed by atoms with Gasteiger partial charge in [-0.15, -0.1) is 11.8 Å². The number of carbonyl (C=O) groups excluding carboxylic acids is 3. The molecule has 160 valence electrons. The van der Waals surface area contributed by atoms with Gasteiger partial charge in [-0.2, -0.15) is 0 Å². The molecule has 2 fully saturated rings. The molecule has 7 heteroatoms. The first-order valence-electron chi connectivity index (χ1n) is 10.7. The van der Waals surface area contributed by atoms with Gasteiger partial charge in [-0.1, -0.05) is 12.1 Å². The number of anilines is 3. The van der Waals surface area contributed by atoms with E-state index in [2.05, 4.69) is 5.32 Å². The summed E-state index contributed by atoms with van der Waals surface area (Å²) in [5.41, 5.74) is 3.66. The average Bonchev–Trinajstić information content (AvgIpc) is 3.43. The fourth-order valence-electron chi connectivity index (χ4n) is 4.45. The molecular weight excluding hydrogens is 410 g/mol. The quantitative estimate of drug-likeness (QED) is 0.727. The zero-order chi connectivity index (χ0) is 21.5. The fraction of sp³-hybridized carbons (Fsp3) is 0.375. The predicted molar refractivity (Wildman–Crippen MR) is 123 cm³/mol. The Bertz CT molecular complexity index is 1070. The molecule has 6 nitrogen and oxygen atoms in total. The van der Waals surface area contributed by atoms with E-state index in [4.69, 9.17) is 0 Å². The fourth-order valence-corrected chi connectivity index (χ4v) is 5.00. The van der Waals surface area contributed by atoms with Crippen LogP contribution in [-0.2, 0) is 20.8 Å². The zero-order valence-electron chi connectivity index (χ0n) is 17.5. The molecular formula is C24H25N3O3S. The number of carbonyl (C=O) groups is 3. The maximum atomic E-state index is 12.8. The lowest BCUT2D eigenvalue weighted by Gasteiger charge is -2.20. The van der Waals surface area contributed by atoms with Crippen molar-refractivity contribution in [1.29, 1.82) is 0 Å². The third kappa shape index (κ3) is 3.82. The molecule has 0 radical (unpaired) electrons. The van der Waals surface area contributed by atoms with Crippen molar-refractivity contribution in [3.63, 3.8) is 0 Å². The lowest BCUT2D eigenvalue weighted by molar-refractivity contribution is -0.122. The van der Waals surface area contributed by atoms with Crippen LogP contribution in [-0.4, -0.2) is 37.1 Å². The van der Waals surface area contributed by atoms with Crippen molar-refractivity contribution in [3.05, 3.63) is 48.0 Å². The first kappa shape index (κ1) is 20.1. The second-order valence-corrected chi connectivity index (χ2v) is 9.27. The summed E-state index contributed by atoms with van der Waals surface area (Å²) in [5, 5.41) is 2.99. The minimum absolute atomic E-state index is 0.0397. The van der Waals surface area contributed by atoms with E-state index in [0.717, 1.165) is 46.8 Å². The largest absolute Gasteiger partial charge is 0.325 e. The van der Waals surface area contributed by atoms with Crippen molar-refractivity contribution in [2.24, 2.45) is 11.8 Å². The monoisotopic (exact) mass is 435 g/mol. The number of nitrogens with zero attached hydrogens (tertiary/aromatic N) is 2. The predicted octanol–water partition coefficient (Wildman–Crippen LogP) is 3.70. The Morgan fingerprint density at radius 2 is 1.90 bits per heavy atom. The highest BCUT2D eigenvalue weighted by Gasteiger charge is 2.38. The molecule has 0 aromatic heterocycles. The number of benzene rings is 2. The van der Waals surface area contributed by atoms with E-state index in [-0.39, 0.29) is 36.0 Å². The summed E-state index contributed by atoms with van der Waals surface area (Å²) in [7, 11) is 0. The Kier molecular flexibility index (Phi) is 5.22. The second kappa shape index (κ2) is 8.04. The van der Waals surface area contributed by atoms with E-state index < -0.39 is 0 Å². The van der Waals surface area contributed by atoms with Gasteiger partial charge in [0.05, 0.1) is 11.6 Å². The van der Waals surface area contributed by atoms with Crippen molar-refractivity contribution < 1.29 is 14.4 Å². The van der Waals surface area contributed by atoms with E-state index in [9.17, 15) is 14.4 Å². The maximum Gasteiger partial charge on any atom is 0.230 e. The van der Waals surface area contributed by atoms with Crippen LogP contribution < -0.4 is 15.1 Å². The van der Waals surface area contributed by atoms with Gasteiger partial charge in [0, 0.05) is 41.7 Å². The van der Waals surface area contributed by atoms with Gasteiger partial charge in [0.2, 0.25) is 17.7 Å². The van der Waals surface area contributed by atoms with E-state index >= 15 is 0 Å². The number of amides is 3. The molecule has 0 bridgehead atoms. The molecule has 1 atom stereocenters. The Morgan fingerprint density at radius 3 is 2.68 bits per heavy atom. The van der Waals surface area contributed by atoms with Crippen LogP contribution in [0, 0.1) is 11.8 Å². The highest BCUT2D eigenvalue weighted by Crippen LogP contribution is 2.38. The summed E-state index contributed by atoms with van der Waals surface area (Å²) in [6.07, 6.45) is 4.97. The van der Waals surface area contributed by atoms with Gasteiger partial charge in [0.15, 0.2) is 0 Å². The van der Waals surface area contributed by atoms with Crippen molar-refractivity contribution in [2.75, 3.05) is 34.5 Å². The molecule has 1 N–H and O–H groups in total. The summed E-state index contributed by atoms with van der Waals surface area (Å²) in [6.45, 7) is 1.08. The molecule has 2 heterocycles. The second-order valence-electron chi connectivity index (χ2n) is 8.42. The molecule has 2 aromatic carbocycles. The molecule has 1 saturated carbocycles. The number of nitrogens with one attached hydrogen (secondary N) is 1. The summed E-state index contributed by atoms with van der Waals surface area (Å²) >= 11 is 1.58. The van der Waals surface area contributed by atoms with Gasteiger partial charge >= 0.3 is 0 Å². The van der Waals surface area contributed by atoms with Crippen LogP contribution >= 0.6 is 11.8 Å². The van der Waals surface area contributed by atoms with Crippen molar-refractivity contribution in [1.82, 2.24) is 0 Å². The Labute approximate surface area is 186 Å². The van der Waals surface area contributed by atoms with Crippen LogP contribution in [0.3, 0.4) is 0 Å². The molecule has 5 rings (SSSR count). The first-order valence-corrected chi connectivity index (χ1v) is 12.0. The van der Waals surface area contributed by atoms with Crippen LogP contribution in [0.15, 0.2) is 47.4 Å². The number of hydrogen-bond donors (Lipinski definition) is 1. The molecule has 1 aliphatic carbocycles. The minimum Gasteiger partial charge on any atom is -0.325 e. The Hall–Kier alpha value is -2.80. The topological polar surface area (TPSA) is 69.7 Å². The van der Waals surface area contributed by atoms with Crippen LogP contribution in [0.1, 0.15) is 24.8 Å². The standard InChI is InChI=1S/C24H25N3O3S/c1-31-21-5-3-2-4-19(21)25-23(29)17-13-22(28)27(14-17)18-8-9-20-16(12-18)10-11-26(20)24(30)15-6-7-15/h2-5,8-9,12,15,17H,6-7,10-11,13-14H2,1H3,(H,25,29)/t17-/m0/s1. The van der Waals surface area contributed by atoms with Gasteiger partial charge < -0.3 is 15.1 Å². The average molecular weight is 436 g/mol. The van der Waals surface area contributed by atoms with Gasteiger partial charge in [-0.3, -0.25) is 14.4 Å². The van der Waals surface area contributed by atoms with Crippen LogP contribution in [0.4, 0.5) is 17.1 Å². The Balaban J connectivity index is 1.29. The van der Waals surface area contributed by atoms with Crippen molar-refractivity contribution in [2.45, 2.75) is 30.6 Å². The molecule has 2 aromatic rings. The molecule has 3 amide bonds. The van der Waals surface area contributed by atoms with Gasteiger partial charge in [-0.05, 0) is 61.4 Å². The SMILES string of the molecule is CSc1ccccc1NC(=O)[C@H]1CC(=O)N(c2ccc3c(c2)CCN3C(=O)C2CC2)C1. The first-order chi connectivity index (χ1) is 15.0. The highest BCUT2D eigenvalue weighted by molar-refractivity contribution is 7.98. The Morgan fingerprint density at radius 1 is 1.10 bits per heavy atom. The molecule has 1 saturated heterocycles. The van der Waals surface area contributed by atoms with Crippen LogP contribution in [0.5, 0.6) is 0 Å². The summed E-state index contributed by atoms with van der Waals surface area (Å²) in [4.78, 5) is 42.6. The lowest BCUT2D eigenvalue weighted by Crippen LogP contribution is -2.30.